The van der Waals surface area contributed by atoms with Crippen molar-refractivity contribution in [3.05, 3.63) is 85.1 Å². The summed E-state index contributed by atoms with van der Waals surface area (Å²) in [6, 6.07) is 0. The largest absolute Gasteiger partial charge is 0.462 e. The molecule has 0 fully saturated rings. The molecule has 0 unspecified atom stereocenters. The first-order chi connectivity index (χ1) is 35.0. The summed E-state index contributed by atoms with van der Waals surface area (Å²) in [5.74, 6) is -0.956. The Morgan fingerprint density at radius 3 is 0.930 bits per heavy atom. The van der Waals surface area contributed by atoms with E-state index in [4.69, 9.17) is 14.2 Å². The third-order valence-electron chi connectivity index (χ3n) is 12.9. The van der Waals surface area contributed by atoms with E-state index in [1.54, 1.807) is 0 Å². The van der Waals surface area contributed by atoms with Crippen molar-refractivity contribution in [1.29, 1.82) is 0 Å². The van der Waals surface area contributed by atoms with E-state index < -0.39 is 6.10 Å². The maximum atomic E-state index is 12.9. The van der Waals surface area contributed by atoms with Crippen molar-refractivity contribution in [3.8, 4) is 0 Å². The first-order valence-corrected chi connectivity index (χ1v) is 30.1. The van der Waals surface area contributed by atoms with Gasteiger partial charge >= 0.3 is 17.9 Å². The Balaban J connectivity index is 4.45. The first-order valence-electron chi connectivity index (χ1n) is 30.1. The van der Waals surface area contributed by atoms with Crippen molar-refractivity contribution in [3.63, 3.8) is 0 Å². The summed E-state index contributed by atoms with van der Waals surface area (Å²) in [6.45, 7) is 6.48. The molecule has 71 heavy (non-hydrogen) atoms. The van der Waals surface area contributed by atoms with Gasteiger partial charge in [0, 0.05) is 19.3 Å². The molecule has 0 radical (unpaired) electrons. The molecule has 6 nitrogen and oxygen atoms in total. The van der Waals surface area contributed by atoms with Gasteiger partial charge in [0.2, 0.25) is 0 Å². The maximum Gasteiger partial charge on any atom is 0.306 e. The van der Waals surface area contributed by atoms with Crippen molar-refractivity contribution >= 4 is 17.9 Å². The van der Waals surface area contributed by atoms with Gasteiger partial charge in [-0.15, -0.1) is 0 Å². The van der Waals surface area contributed by atoms with E-state index in [2.05, 4.69) is 106 Å². The number of rotatable bonds is 54. The van der Waals surface area contributed by atoms with Crippen LogP contribution in [0.15, 0.2) is 85.1 Å². The third kappa shape index (κ3) is 57.4. The van der Waals surface area contributed by atoms with Crippen LogP contribution in [0.1, 0.15) is 290 Å². The highest BCUT2D eigenvalue weighted by molar-refractivity contribution is 5.71. The summed E-state index contributed by atoms with van der Waals surface area (Å²) in [4.78, 5) is 38.2. The van der Waals surface area contributed by atoms with Crippen molar-refractivity contribution < 1.29 is 28.6 Å². The topological polar surface area (TPSA) is 78.9 Å². The summed E-state index contributed by atoms with van der Waals surface area (Å²) in [5, 5.41) is 0. The monoisotopic (exact) mass is 989 g/mol. The van der Waals surface area contributed by atoms with Crippen LogP contribution < -0.4 is 0 Å². The number of ether oxygens (including phenoxy) is 3. The molecule has 0 amide bonds. The van der Waals surface area contributed by atoms with E-state index >= 15 is 0 Å². The highest BCUT2D eigenvalue weighted by Crippen LogP contribution is 2.16. The summed E-state index contributed by atoms with van der Waals surface area (Å²) < 4.78 is 16.8. The van der Waals surface area contributed by atoms with Gasteiger partial charge in [0.05, 0.1) is 0 Å². The van der Waals surface area contributed by atoms with E-state index in [1.807, 2.05) is 0 Å². The molecule has 0 N–H and O–H groups in total. The molecule has 408 valence electrons. The van der Waals surface area contributed by atoms with Crippen LogP contribution in [-0.2, 0) is 28.6 Å². The van der Waals surface area contributed by atoms with Gasteiger partial charge in [-0.05, 0) is 89.9 Å². The average molecular weight is 990 g/mol. The average Bonchev–Trinajstić information content (AvgIpc) is 3.37. The van der Waals surface area contributed by atoms with Gasteiger partial charge < -0.3 is 14.2 Å². The Kier molecular flexibility index (Phi) is 56.3. The SMILES string of the molecule is CC/C=C/C/C=C/C/C=C/C/C=C/C/C=C/CCCC(=O)O[C@H](COC(=O)CCCCCCCCC/C=C/C/C=C/CCCCC)COC(=O)CCCCCCCCCCCCCCCCCCCCC. The molecule has 0 aromatic carbocycles. The van der Waals surface area contributed by atoms with Crippen LogP contribution in [0, 0.1) is 0 Å². The van der Waals surface area contributed by atoms with Crippen LogP contribution >= 0.6 is 0 Å². The van der Waals surface area contributed by atoms with Gasteiger partial charge in [-0.2, -0.15) is 0 Å². The Hall–Kier alpha value is -3.41. The van der Waals surface area contributed by atoms with Gasteiger partial charge in [0.1, 0.15) is 13.2 Å². The first kappa shape index (κ1) is 67.6. The Morgan fingerprint density at radius 1 is 0.296 bits per heavy atom. The molecule has 0 aliphatic carbocycles. The van der Waals surface area contributed by atoms with E-state index in [0.29, 0.717) is 19.3 Å². The minimum absolute atomic E-state index is 0.0995. The zero-order valence-corrected chi connectivity index (χ0v) is 46.7. The molecular formula is C65H112O6. The summed E-state index contributed by atoms with van der Waals surface area (Å²) >= 11 is 0. The number of hydrogen-bond acceptors (Lipinski definition) is 6. The number of carbonyl (C=O) groups is 3. The smallest absolute Gasteiger partial charge is 0.306 e. The molecular weight excluding hydrogens is 877 g/mol. The summed E-state index contributed by atoms with van der Waals surface area (Å²) in [6.07, 6.45) is 77.3. The van der Waals surface area contributed by atoms with Crippen molar-refractivity contribution in [1.82, 2.24) is 0 Å². The Bertz CT molecular complexity index is 1370. The molecule has 0 aliphatic rings. The molecule has 1 atom stereocenters. The molecule has 0 aromatic heterocycles. The Morgan fingerprint density at radius 2 is 0.563 bits per heavy atom. The number of unbranched alkanes of at least 4 members (excludes halogenated alkanes) is 29. The van der Waals surface area contributed by atoms with Crippen LogP contribution in [-0.4, -0.2) is 37.2 Å². The zero-order chi connectivity index (χ0) is 51.4. The lowest BCUT2D eigenvalue weighted by Gasteiger charge is -2.18. The number of carbonyl (C=O) groups excluding carboxylic acids is 3. The minimum Gasteiger partial charge on any atom is -0.462 e. The van der Waals surface area contributed by atoms with Gasteiger partial charge in [0.15, 0.2) is 6.10 Å². The number of allylic oxidation sites excluding steroid dienone is 14. The second-order valence-corrected chi connectivity index (χ2v) is 19.9. The fourth-order valence-corrected chi connectivity index (χ4v) is 8.39. The van der Waals surface area contributed by atoms with Gasteiger partial charge in [-0.1, -0.05) is 266 Å². The minimum atomic E-state index is -0.809. The van der Waals surface area contributed by atoms with Crippen molar-refractivity contribution in [2.75, 3.05) is 13.2 Å². The van der Waals surface area contributed by atoms with Crippen molar-refractivity contribution in [2.24, 2.45) is 0 Å². The quantitative estimate of drug-likeness (QED) is 0.0261. The summed E-state index contributed by atoms with van der Waals surface area (Å²) in [5.41, 5.74) is 0. The molecule has 0 bridgehead atoms. The fraction of sp³-hybridized carbons (Fsp3) is 0.738. The molecule has 0 saturated carbocycles. The highest BCUT2D eigenvalue weighted by Gasteiger charge is 2.19. The predicted molar refractivity (Wildman–Crippen MR) is 307 cm³/mol. The molecule has 0 aromatic rings. The lowest BCUT2D eigenvalue weighted by Crippen LogP contribution is -2.30. The van der Waals surface area contributed by atoms with E-state index in [0.717, 1.165) is 89.9 Å². The van der Waals surface area contributed by atoms with E-state index in [-0.39, 0.29) is 37.5 Å². The second-order valence-electron chi connectivity index (χ2n) is 19.9. The molecule has 0 rings (SSSR count). The summed E-state index contributed by atoms with van der Waals surface area (Å²) in [7, 11) is 0. The molecule has 6 heteroatoms. The maximum absolute atomic E-state index is 12.9. The van der Waals surface area contributed by atoms with Gasteiger partial charge in [0.25, 0.3) is 0 Å². The number of esters is 3. The van der Waals surface area contributed by atoms with Crippen LogP contribution in [0.25, 0.3) is 0 Å². The van der Waals surface area contributed by atoms with Crippen LogP contribution in [0.2, 0.25) is 0 Å². The highest BCUT2D eigenvalue weighted by atomic mass is 16.6. The molecule has 0 spiro atoms. The second kappa shape index (κ2) is 59.2. The fourth-order valence-electron chi connectivity index (χ4n) is 8.39. The molecule has 0 saturated heterocycles. The normalized spacial score (nSPS) is 12.7. The zero-order valence-electron chi connectivity index (χ0n) is 46.7. The lowest BCUT2D eigenvalue weighted by molar-refractivity contribution is -0.167. The molecule has 0 heterocycles. The van der Waals surface area contributed by atoms with Gasteiger partial charge in [-0.3, -0.25) is 14.4 Å². The van der Waals surface area contributed by atoms with Crippen LogP contribution in [0.4, 0.5) is 0 Å². The third-order valence-corrected chi connectivity index (χ3v) is 12.9. The lowest BCUT2D eigenvalue weighted by atomic mass is 10.0. The van der Waals surface area contributed by atoms with E-state index in [1.165, 1.54) is 154 Å². The van der Waals surface area contributed by atoms with Crippen LogP contribution in [0.5, 0.6) is 0 Å². The van der Waals surface area contributed by atoms with Crippen LogP contribution in [0.3, 0.4) is 0 Å². The van der Waals surface area contributed by atoms with E-state index in [9.17, 15) is 14.4 Å². The number of hydrogen-bond donors (Lipinski definition) is 0. The van der Waals surface area contributed by atoms with Crippen molar-refractivity contribution in [2.45, 2.75) is 297 Å². The predicted octanol–water partition coefficient (Wildman–Crippen LogP) is 20.3. The molecule has 0 aliphatic heterocycles. The van der Waals surface area contributed by atoms with Gasteiger partial charge in [-0.25, -0.2) is 0 Å². The standard InChI is InChI=1S/C65H112O6/c1-4-7-10-13-16-19-22-25-28-31-32-35-37-40-43-46-49-52-55-58-64(67)70-61-62(71-65(68)59-56-53-50-47-44-41-38-34-30-27-24-21-18-15-12-9-6-3)60-69-63(66)57-54-51-48-45-42-39-36-33-29-26-23-20-17-14-11-8-5-2/h9,12,17-18,20-21,26-27,29-30,38,41,47,50,62H,4-8,10-11,13-16,19,22-25,28,31-37,39-40,42-46,48-49,51-61H2,1-3H3/b12-9+,20-17+,21-18+,29-26+,30-27+,41-38+,50-47+/t62-/m1/s1. The Labute approximate surface area is 439 Å².